The van der Waals surface area contributed by atoms with Crippen LogP contribution < -0.4 is 16.0 Å². The molecular weight excluding hydrogens is 392 g/mol. The molecule has 3 N–H and O–H groups in total. The molecule has 2 aliphatic heterocycles. The summed E-state index contributed by atoms with van der Waals surface area (Å²) in [6.45, 7) is 9.31. The van der Waals surface area contributed by atoms with Crippen LogP contribution in [0.2, 0.25) is 0 Å². The number of hydrogen-bond donors (Lipinski definition) is 3. The predicted octanol–water partition coefficient (Wildman–Crippen LogP) is 3.42. The largest absolute Gasteiger partial charge is 0.322 e. The zero-order valence-corrected chi connectivity index (χ0v) is 19.1. The Morgan fingerprint density at radius 1 is 1.10 bits per heavy atom. The number of carbonyl (C=O) groups is 3. The van der Waals surface area contributed by atoms with Crippen LogP contribution in [0, 0.1) is 13.8 Å². The van der Waals surface area contributed by atoms with E-state index in [1.165, 1.54) is 0 Å². The van der Waals surface area contributed by atoms with Crippen LogP contribution in [-0.2, 0) is 9.59 Å². The highest BCUT2D eigenvalue weighted by molar-refractivity contribution is 6.20. The van der Waals surface area contributed by atoms with Gasteiger partial charge in [0, 0.05) is 30.9 Å². The SMILES string of the molecule is CCCCCCC1(C2=C(C)C(=O)NC2=O)CNCCN1C(=O)Nc1c(C)cccc1C. The first-order valence-corrected chi connectivity index (χ1v) is 11.2. The van der Waals surface area contributed by atoms with Crippen molar-refractivity contribution in [2.75, 3.05) is 25.0 Å². The maximum absolute atomic E-state index is 13.6. The zero-order valence-electron chi connectivity index (χ0n) is 19.1. The van der Waals surface area contributed by atoms with Crippen LogP contribution in [0.3, 0.4) is 0 Å². The number of rotatable bonds is 7. The topological polar surface area (TPSA) is 90.5 Å². The van der Waals surface area contributed by atoms with Gasteiger partial charge >= 0.3 is 6.03 Å². The number of piperazine rings is 1. The fourth-order valence-electron chi connectivity index (χ4n) is 4.80. The van der Waals surface area contributed by atoms with E-state index in [0.717, 1.165) is 42.5 Å². The van der Waals surface area contributed by atoms with Gasteiger partial charge < -0.3 is 15.5 Å². The number of unbranched alkanes of at least 4 members (excludes halogenated alkanes) is 3. The predicted molar refractivity (Wildman–Crippen MR) is 122 cm³/mol. The lowest BCUT2D eigenvalue weighted by molar-refractivity contribution is -0.124. The summed E-state index contributed by atoms with van der Waals surface area (Å²) in [6, 6.07) is 5.66. The summed E-state index contributed by atoms with van der Waals surface area (Å²) < 4.78 is 0. The molecule has 7 nitrogen and oxygen atoms in total. The fraction of sp³-hybridized carbons (Fsp3) is 0.542. The number of carbonyl (C=O) groups excluding carboxylic acids is 3. The van der Waals surface area contributed by atoms with E-state index in [-0.39, 0.29) is 17.8 Å². The van der Waals surface area contributed by atoms with Crippen molar-refractivity contribution in [3.63, 3.8) is 0 Å². The number of hydrogen-bond acceptors (Lipinski definition) is 4. The van der Waals surface area contributed by atoms with Gasteiger partial charge in [-0.05, 0) is 38.3 Å². The number of amides is 4. The Bertz CT molecular complexity index is 888. The minimum Gasteiger partial charge on any atom is -0.312 e. The number of anilines is 1. The van der Waals surface area contributed by atoms with Gasteiger partial charge in [-0.2, -0.15) is 0 Å². The fourth-order valence-corrected chi connectivity index (χ4v) is 4.80. The molecule has 2 aliphatic rings. The molecule has 168 valence electrons. The van der Waals surface area contributed by atoms with Crippen molar-refractivity contribution >= 4 is 23.5 Å². The molecule has 3 rings (SSSR count). The number of nitrogens with one attached hydrogen (secondary N) is 3. The van der Waals surface area contributed by atoms with Crippen molar-refractivity contribution in [3.05, 3.63) is 40.5 Å². The molecule has 31 heavy (non-hydrogen) atoms. The highest BCUT2D eigenvalue weighted by Gasteiger charge is 2.50. The van der Waals surface area contributed by atoms with Crippen molar-refractivity contribution in [2.24, 2.45) is 0 Å². The number of benzene rings is 1. The Kier molecular flexibility index (Phi) is 7.15. The maximum atomic E-state index is 13.6. The third-order valence-corrected chi connectivity index (χ3v) is 6.48. The summed E-state index contributed by atoms with van der Waals surface area (Å²) in [6.07, 6.45) is 4.73. The van der Waals surface area contributed by atoms with Gasteiger partial charge in [0.2, 0.25) is 0 Å². The number of nitrogens with zero attached hydrogens (tertiary/aromatic N) is 1. The lowest BCUT2D eigenvalue weighted by atomic mass is 9.79. The van der Waals surface area contributed by atoms with Crippen molar-refractivity contribution in [2.45, 2.75) is 65.3 Å². The first-order valence-electron chi connectivity index (χ1n) is 11.2. The molecule has 1 fully saturated rings. The van der Waals surface area contributed by atoms with Gasteiger partial charge in [0.1, 0.15) is 0 Å². The Morgan fingerprint density at radius 2 is 1.81 bits per heavy atom. The molecule has 0 saturated carbocycles. The summed E-state index contributed by atoms with van der Waals surface area (Å²) in [5.41, 5.74) is 2.76. The van der Waals surface area contributed by atoms with Crippen LogP contribution >= 0.6 is 0 Å². The monoisotopic (exact) mass is 426 g/mol. The summed E-state index contributed by atoms with van der Waals surface area (Å²) in [5, 5.41) is 8.89. The number of imide groups is 1. The van der Waals surface area contributed by atoms with Gasteiger partial charge in [0.15, 0.2) is 0 Å². The molecule has 0 radical (unpaired) electrons. The zero-order chi connectivity index (χ0) is 22.6. The van der Waals surface area contributed by atoms with Crippen LogP contribution in [0.15, 0.2) is 29.3 Å². The second-order valence-corrected chi connectivity index (χ2v) is 8.65. The van der Waals surface area contributed by atoms with E-state index < -0.39 is 5.54 Å². The molecule has 4 amide bonds. The first kappa shape index (κ1) is 23.0. The molecule has 1 aromatic carbocycles. The minimum absolute atomic E-state index is 0.234. The maximum Gasteiger partial charge on any atom is 0.322 e. The van der Waals surface area contributed by atoms with Gasteiger partial charge in [-0.1, -0.05) is 50.8 Å². The Labute approximate surface area is 184 Å². The van der Waals surface area contributed by atoms with E-state index in [0.29, 0.717) is 37.2 Å². The van der Waals surface area contributed by atoms with Crippen LogP contribution in [-0.4, -0.2) is 47.9 Å². The number of urea groups is 1. The van der Waals surface area contributed by atoms with Crippen molar-refractivity contribution in [3.8, 4) is 0 Å². The Morgan fingerprint density at radius 3 is 2.42 bits per heavy atom. The van der Waals surface area contributed by atoms with E-state index in [1.54, 1.807) is 11.8 Å². The number of aryl methyl sites for hydroxylation is 2. The summed E-state index contributed by atoms with van der Waals surface area (Å²) >= 11 is 0. The van der Waals surface area contributed by atoms with Crippen LogP contribution in [0.4, 0.5) is 10.5 Å². The smallest absolute Gasteiger partial charge is 0.312 e. The van der Waals surface area contributed by atoms with E-state index in [9.17, 15) is 14.4 Å². The first-order chi connectivity index (χ1) is 14.8. The highest BCUT2D eigenvalue weighted by atomic mass is 16.2. The van der Waals surface area contributed by atoms with E-state index in [1.807, 2.05) is 32.0 Å². The van der Waals surface area contributed by atoms with Gasteiger partial charge in [0.05, 0.1) is 11.1 Å². The number of para-hydroxylation sites is 1. The summed E-state index contributed by atoms with van der Waals surface area (Å²) in [4.78, 5) is 40.5. The van der Waals surface area contributed by atoms with Crippen molar-refractivity contribution in [1.29, 1.82) is 0 Å². The van der Waals surface area contributed by atoms with E-state index >= 15 is 0 Å². The van der Waals surface area contributed by atoms with Gasteiger partial charge in [-0.15, -0.1) is 0 Å². The summed E-state index contributed by atoms with van der Waals surface area (Å²) in [5.74, 6) is -0.750. The molecule has 0 bridgehead atoms. The summed E-state index contributed by atoms with van der Waals surface area (Å²) in [7, 11) is 0. The third-order valence-electron chi connectivity index (χ3n) is 6.48. The molecule has 0 aliphatic carbocycles. The molecule has 0 aromatic heterocycles. The van der Waals surface area contributed by atoms with Crippen LogP contribution in [0.5, 0.6) is 0 Å². The standard InChI is InChI=1S/C24H34N4O3/c1-5-6-7-8-12-24(19-18(4)21(29)27-22(19)30)15-25-13-14-28(24)23(31)26-20-16(2)10-9-11-17(20)3/h9-11,25H,5-8,12-15H2,1-4H3,(H,26,31)(H,27,29,30). The molecule has 1 atom stereocenters. The van der Waals surface area contributed by atoms with Crippen molar-refractivity contribution in [1.82, 2.24) is 15.5 Å². The average molecular weight is 427 g/mol. The molecule has 1 aromatic rings. The second kappa shape index (κ2) is 9.64. The Hall–Kier alpha value is -2.67. The van der Waals surface area contributed by atoms with Gasteiger partial charge in [-0.25, -0.2) is 4.79 Å². The van der Waals surface area contributed by atoms with Gasteiger partial charge in [-0.3, -0.25) is 14.9 Å². The van der Waals surface area contributed by atoms with Crippen LogP contribution in [0.25, 0.3) is 0 Å². The molecule has 2 heterocycles. The lowest BCUT2D eigenvalue weighted by Crippen LogP contribution is -2.65. The molecule has 1 unspecified atom stereocenters. The molecular formula is C24H34N4O3. The molecule has 1 saturated heterocycles. The van der Waals surface area contributed by atoms with E-state index in [2.05, 4.69) is 22.9 Å². The second-order valence-electron chi connectivity index (χ2n) is 8.65. The van der Waals surface area contributed by atoms with Gasteiger partial charge in [0.25, 0.3) is 11.8 Å². The average Bonchev–Trinajstić information content (AvgIpc) is 3.00. The quantitative estimate of drug-likeness (QED) is 0.460. The third kappa shape index (κ3) is 4.51. The Balaban J connectivity index is 1.99. The minimum atomic E-state index is -0.854. The van der Waals surface area contributed by atoms with E-state index in [4.69, 9.17) is 0 Å². The molecule has 0 spiro atoms. The van der Waals surface area contributed by atoms with Crippen molar-refractivity contribution < 1.29 is 14.4 Å². The van der Waals surface area contributed by atoms with Crippen LogP contribution in [0.1, 0.15) is 57.1 Å². The normalized spacial score (nSPS) is 21.5. The lowest BCUT2D eigenvalue weighted by Gasteiger charge is -2.48. The highest BCUT2D eigenvalue weighted by Crippen LogP contribution is 2.37. The molecule has 7 heteroatoms.